The maximum Gasteiger partial charge on any atom is 0.255 e. The highest BCUT2D eigenvalue weighted by Crippen LogP contribution is 2.27. The van der Waals surface area contributed by atoms with Crippen molar-refractivity contribution in [1.82, 2.24) is 10.6 Å². The first-order chi connectivity index (χ1) is 14.6. The molecule has 0 aliphatic heterocycles. The molecule has 0 heterocycles. The molecule has 1 atom stereocenters. The molecule has 2 amide bonds. The van der Waals surface area contributed by atoms with Crippen LogP contribution in [0.1, 0.15) is 34.3 Å². The maximum atomic E-state index is 12.6. The van der Waals surface area contributed by atoms with Crippen molar-refractivity contribution in [2.24, 2.45) is 0 Å². The lowest BCUT2D eigenvalue weighted by molar-refractivity contribution is -0.120. The van der Waals surface area contributed by atoms with Crippen molar-refractivity contribution in [2.45, 2.75) is 18.9 Å². The van der Waals surface area contributed by atoms with Gasteiger partial charge < -0.3 is 15.4 Å². The number of para-hydroxylation sites is 1. The Bertz CT molecular complexity index is 934. The number of benzene rings is 3. The zero-order valence-electron chi connectivity index (χ0n) is 17.2. The zero-order chi connectivity index (χ0) is 21.3. The quantitative estimate of drug-likeness (QED) is 0.603. The van der Waals surface area contributed by atoms with Gasteiger partial charge in [-0.3, -0.25) is 9.59 Å². The summed E-state index contributed by atoms with van der Waals surface area (Å²) in [4.78, 5) is 25.0. The molecule has 0 radical (unpaired) electrons. The van der Waals surface area contributed by atoms with Gasteiger partial charge in [-0.15, -0.1) is 0 Å². The average Bonchev–Trinajstić information content (AvgIpc) is 2.79. The molecule has 0 aliphatic rings. The van der Waals surface area contributed by atoms with Crippen molar-refractivity contribution in [2.75, 3.05) is 13.7 Å². The van der Waals surface area contributed by atoms with Crippen molar-refractivity contribution in [3.05, 3.63) is 102 Å². The molecule has 0 aromatic heterocycles. The van der Waals surface area contributed by atoms with Crippen LogP contribution in [0.15, 0.2) is 84.9 Å². The standard InChI is InChI=1S/C25H26N2O3/c1-18(24(19-11-5-3-6-12-19)20-13-7-4-8-14-20)27-23(28)17-26-25(29)21-15-9-10-16-22(21)30-2/h3-16,18,24H,17H2,1-2H3,(H,26,29)(H,27,28)/t18-/m1/s1. The second-order valence-corrected chi connectivity index (χ2v) is 7.04. The molecular weight excluding hydrogens is 376 g/mol. The highest BCUT2D eigenvalue weighted by Gasteiger charge is 2.23. The molecule has 154 valence electrons. The van der Waals surface area contributed by atoms with E-state index in [1.807, 2.05) is 43.3 Å². The summed E-state index contributed by atoms with van der Waals surface area (Å²) in [6, 6.07) is 26.9. The van der Waals surface area contributed by atoms with Crippen LogP contribution < -0.4 is 15.4 Å². The topological polar surface area (TPSA) is 67.4 Å². The van der Waals surface area contributed by atoms with Gasteiger partial charge in [0.1, 0.15) is 5.75 Å². The monoisotopic (exact) mass is 402 g/mol. The third-order valence-corrected chi connectivity index (χ3v) is 4.97. The van der Waals surface area contributed by atoms with E-state index in [9.17, 15) is 9.59 Å². The molecule has 30 heavy (non-hydrogen) atoms. The lowest BCUT2D eigenvalue weighted by Crippen LogP contribution is -2.43. The van der Waals surface area contributed by atoms with Crippen LogP contribution in [-0.2, 0) is 4.79 Å². The van der Waals surface area contributed by atoms with E-state index in [4.69, 9.17) is 4.74 Å². The van der Waals surface area contributed by atoms with Crippen LogP contribution in [0.2, 0.25) is 0 Å². The normalized spacial score (nSPS) is 11.6. The second-order valence-electron chi connectivity index (χ2n) is 7.04. The van der Waals surface area contributed by atoms with Gasteiger partial charge in [-0.25, -0.2) is 0 Å². The van der Waals surface area contributed by atoms with E-state index in [1.165, 1.54) is 7.11 Å². The lowest BCUT2D eigenvalue weighted by Gasteiger charge is -2.26. The minimum absolute atomic E-state index is 0.00117. The molecule has 0 spiro atoms. The average molecular weight is 402 g/mol. The third-order valence-electron chi connectivity index (χ3n) is 4.97. The summed E-state index contributed by atoms with van der Waals surface area (Å²) in [6.07, 6.45) is 0. The van der Waals surface area contributed by atoms with Crippen molar-refractivity contribution < 1.29 is 14.3 Å². The number of carbonyl (C=O) groups is 2. The summed E-state index contributed by atoms with van der Waals surface area (Å²) in [6.45, 7) is 1.86. The van der Waals surface area contributed by atoms with Crippen LogP contribution in [0.4, 0.5) is 0 Å². The molecule has 5 heteroatoms. The van der Waals surface area contributed by atoms with Crippen molar-refractivity contribution in [3.63, 3.8) is 0 Å². The van der Waals surface area contributed by atoms with Crippen LogP contribution in [-0.4, -0.2) is 31.5 Å². The molecule has 0 aliphatic carbocycles. The second kappa shape index (κ2) is 10.3. The molecule has 0 bridgehead atoms. The Balaban J connectivity index is 1.66. The zero-order valence-corrected chi connectivity index (χ0v) is 17.2. The molecule has 0 unspecified atom stereocenters. The van der Waals surface area contributed by atoms with Crippen LogP contribution in [0, 0.1) is 0 Å². The van der Waals surface area contributed by atoms with Gasteiger partial charge in [-0.05, 0) is 30.2 Å². The summed E-state index contributed by atoms with van der Waals surface area (Å²) in [5, 5.41) is 5.69. The molecule has 3 aromatic rings. The maximum absolute atomic E-state index is 12.6. The van der Waals surface area contributed by atoms with Gasteiger partial charge in [0.05, 0.1) is 19.2 Å². The Morgan fingerprint density at radius 1 is 0.833 bits per heavy atom. The summed E-state index contributed by atoms with van der Waals surface area (Å²) < 4.78 is 5.21. The number of carbonyl (C=O) groups excluding carboxylic acids is 2. The van der Waals surface area contributed by atoms with Gasteiger partial charge in [0.15, 0.2) is 0 Å². The van der Waals surface area contributed by atoms with Crippen molar-refractivity contribution in [1.29, 1.82) is 0 Å². The molecule has 2 N–H and O–H groups in total. The van der Waals surface area contributed by atoms with Crippen LogP contribution in [0.5, 0.6) is 5.75 Å². The Morgan fingerprint density at radius 3 is 1.93 bits per heavy atom. The van der Waals surface area contributed by atoms with Crippen molar-refractivity contribution >= 4 is 11.8 Å². The number of hydrogen-bond acceptors (Lipinski definition) is 3. The van der Waals surface area contributed by atoms with Gasteiger partial charge >= 0.3 is 0 Å². The Kier molecular flexibility index (Phi) is 7.22. The molecule has 3 rings (SSSR count). The Morgan fingerprint density at radius 2 is 1.37 bits per heavy atom. The molecule has 0 fully saturated rings. The first-order valence-corrected chi connectivity index (χ1v) is 9.90. The van der Waals surface area contributed by atoms with E-state index < -0.39 is 0 Å². The first-order valence-electron chi connectivity index (χ1n) is 9.90. The fourth-order valence-corrected chi connectivity index (χ4v) is 3.57. The molecule has 3 aromatic carbocycles. The number of amides is 2. The van der Waals surface area contributed by atoms with Gasteiger partial charge in [0.2, 0.25) is 5.91 Å². The molecule has 0 saturated carbocycles. The summed E-state index contributed by atoms with van der Waals surface area (Å²) in [5.41, 5.74) is 2.64. The van der Waals surface area contributed by atoms with Crippen LogP contribution in [0.25, 0.3) is 0 Å². The number of hydrogen-bond donors (Lipinski definition) is 2. The van der Waals surface area contributed by atoms with Gasteiger partial charge in [0, 0.05) is 12.0 Å². The minimum Gasteiger partial charge on any atom is -0.496 e. The largest absolute Gasteiger partial charge is 0.496 e. The van der Waals surface area contributed by atoms with Crippen LogP contribution >= 0.6 is 0 Å². The van der Waals surface area contributed by atoms with E-state index in [1.54, 1.807) is 24.3 Å². The molecule has 0 saturated heterocycles. The first kappa shape index (κ1) is 21.1. The number of rotatable bonds is 8. The van der Waals surface area contributed by atoms with Gasteiger partial charge in [-0.1, -0.05) is 72.8 Å². The van der Waals surface area contributed by atoms with E-state index in [0.717, 1.165) is 11.1 Å². The number of ether oxygens (including phenoxy) is 1. The van der Waals surface area contributed by atoms with Gasteiger partial charge in [0.25, 0.3) is 5.91 Å². The van der Waals surface area contributed by atoms with Crippen LogP contribution in [0.3, 0.4) is 0 Å². The van der Waals surface area contributed by atoms with E-state index in [0.29, 0.717) is 11.3 Å². The minimum atomic E-state index is -0.349. The fraction of sp³-hybridized carbons (Fsp3) is 0.200. The number of nitrogens with one attached hydrogen (secondary N) is 2. The number of methoxy groups -OCH3 is 1. The van der Waals surface area contributed by atoms with Crippen molar-refractivity contribution in [3.8, 4) is 5.75 Å². The van der Waals surface area contributed by atoms with Gasteiger partial charge in [-0.2, -0.15) is 0 Å². The summed E-state index contributed by atoms with van der Waals surface area (Å²) in [5.74, 6) is -0.126. The van der Waals surface area contributed by atoms with E-state index >= 15 is 0 Å². The highest BCUT2D eigenvalue weighted by atomic mass is 16.5. The smallest absolute Gasteiger partial charge is 0.255 e. The predicted molar refractivity (Wildman–Crippen MR) is 118 cm³/mol. The fourth-order valence-electron chi connectivity index (χ4n) is 3.57. The highest BCUT2D eigenvalue weighted by molar-refractivity contribution is 5.98. The summed E-state index contributed by atoms with van der Waals surface area (Å²) in [7, 11) is 1.51. The summed E-state index contributed by atoms with van der Waals surface area (Å²) >= 11 is 0. The molecular formula is C25H26N2O3. The predicted octanol–water partition coefficient (Wildman–Crippen LogP) is 3.76. The Hall–Kier alpha value is -3.60. The third kappa shape index (κ3) is 5.26. The SMILES string of the molecule is COc1ccccc1C(=O)NCC(=O)N[C@H](C)C(c1ccccc1)c1ccccc1. The molecule has 5 nitrogen and oxygen atoms in total. The Labute approximate surface area is 177 Å². The van der Waals surface area contributed by atoms with E-state index in [2.05, 4.69) is 34.9 Å². The lowest BCUT2D eigenvalue weighted by atomic mass is 9.86. The van der Waals surface area contributed by atoms with E-state index in [-0.39, 0.29) is 30.3 Å².